The summed E-state index contributed by atoms with van der Waals surface area (Å²) in [5, 5.41) is 3.70. The molecule has 1 saturated heterocycles. The van der Waals surface area contributed by atoms with Crippen molar-refractivity contribution in [3.8, 4) is 11.5 Å². The van der Waals surface area contributed by atoms with Gasteiger partial charge in [0.05, 0.1) is 19.7 Å². The van der Waals surface area contributed by atoms with Crippen molar-refractivity contribution in [1.29, 1.82) is 0 Å². The van der Waals surface area contributed by atoms with Crippen LogP contribution in [0.3, 0.4) is 0 Å². The summed E-state index contributed by atoms with van der Waals surface area (Å²) >= 11 is 0. The molecule has 1 aliphatic heterocycles. The summed E-state index contributed by atoms with van der Waals surface area (Å²) in [4.78, 5) is 30.6. The van der Waals surface area contributed by atoms with Crippen LogP contribution in [0.2, 0.25) is 0 Å². The largest absolute Gasteiger partial charge is 0.493 e. The number of anilines is 2. The molecule has 4 rings (SSSR count). The number of pyridine rings is 1. The maximum Gasteiger partial charge on any atom is 0.317 e. The van der Waals surface area contributed by atoms with Crippen molar-refractivity contribution >= 4 is 28.7 Å². The first kappa shape index (κ1) is 25.3. The summed E-state index contributed by atoms with van der Waals surface area (Å²) in [5.74, 6) is 2.04. The number of carbonyl (C=O) groups excluding carboxylic acids is 1. The number of aromatic nitrogens is 3. The number of likely N-dealkylation sites (tertiary alicyclic amines) is 1. The molecule has 0 spiro atoms. The Balaban J connectivity index is 1.63. The highest BCUT2D eigenvalue weighted by Crippen LogP contribution is 2.37. The second kappa shape index (κ2) is 10.4. The summed E-state index contributed by atoms with van der Waals surface area (Å²) in [5.41, 5.74) is 7.75. The fraction of sp³-hybridized carbons (Fsp3) is 0.462. The Bertz CT molecular complexity index is 1210. The smallest absolute Gasteiger partial charge is 0.317 e. The highest BCUT2D eigenvalue weighted by molar-refractivity contribution is 5.91. The highest BCUT2D eigenvalue weighted by Gasteiger charge is 2.40. The Morgan fingerprint density at radius 3 is 2.47 bits per heavy atom. The van der Waals surface area contributed by atoms with Gasteiger partial charge in [-0.1, -0.05) is 6.07 Å². The van der Waals surface area contributed by atoms with Crippen LogP contribution in [0.1, 0.15) is 32.4 Å². The van der Waals surface area contributed by atoms with Gasteiger partial charge in [-0.15, -0.1) is 0 Å². The lowest BCUT2D eigenvalue weighted by Crippen LogP contribution is -2.53. The summed E-state index contributed by atoms with van der Waals surface area (Å²) in [6.07, 6.45) is 3.36. The van der Waals surface area contributed by atoms with Gasteiger partial charge in [0, 0.05) is 61.5 Å². The Hall–Kier alpha value is -3.82. The van der Waals surface area contributed by atoms with Gasteiger partial charge in [-0.2, -0.15) is 4.98 Å². The van der Waals surface area contributed by atoms with Crippen molar-refractivity contribution in [3.63, 3.8) is 0 Å². The molecular weight excluding hydrogens is 458 g/mol. The Labute approximate surface area is 211 Å². The molecule has 1 fully saturated rings. The van der Waals surface area contributed by atoms with Crippen LogP contribution in [0.4, 0.5) is 16.6 Å². The van der Waals surface area contributed by atoms with E-state index in [1.54, 1.807) is 20.3 Å². The Morgan fingerprint density at radius 1 is 1.17 bits per heavy atom. The zero-order chi connectivity index (χ0) is 25.9. The standard InChI is InChI=1S/C26H35N7O3/c1-17(2)29-25(34)33-12-9-26(10-13-33,22-8-6-7-11-28-22)16-32(3)24-30-19-15-21(36-5)20(35-4)14-18(19)23(27)31-24/h6-8,11,14-15,17H,9-10,12-13,16H2,1-5H3,(H,29,34)(H2,27,30,31). The summed E-state index contributed by atoms with van der Waals surface area (Å²) in [7, 11) is 5.13. The predicted octanol–water partition coefficient (Wildman–Crippen LogP) is 3.21. The molecule has 0 saturated carbocycles. The van der Waals surface area contributed by atoms with E-state index in [0.717, 1.165) is 18.5 Å². The molecule has 2 amide bonds. The van der Waals surface area contributed by atoms with E-state index in [2.05, 4.69) is 16.4 Å². The van der Waals surface area contributed by atoms with Gasteiger partial charge in [-0.05, 0) is 44.9 Å². The van der Waals surface area contributed by atoms with Gasteiger partial charge in [-0.3, -0.25) is 4.98 Å². The molecule has 1 aromatic carbocycles. The molecule has 192 valence electrons. The number of benzene rings is 1. The number of nitrogens with two attached hydrogens (primary N) is 1. The molecule has 3 heterocycles. The molecule has 3 N–H and O–H groups in total. The fourth-order valence-corrected chi connectivity index (χ4v) is 4.81. The van der Waals surface area contributed by atoms with Crippen LogP contribution in [0.5, 0.6) is 11.5 Å². The third-order valence-corrected chi connectivity index (χ3v) is 6.73. The molecule has 0 aliphatic carbocycles. The van der Waals surface area contributed by atoms with Gasteiger partial charge in [0.1, 0.15) is 5.82 Å². The Kier molecular flexibility index (Phi) is 7.32. The number of amides is 2. The third kappa shape index (κ3) is 5.07. The minimum atomic E-state index is -0.269. The zero-order valence-electron chi connectivity index (χ0n) is 21.6. The van der Waals surface area contributed by atoms with Crippen LogP contribution in [-0.4, -0.2) is 72.8 Å². The van der Waals surface area contributed by atoms with Gasteiger partial charge in [0.25, 0.3) is 0 Å². The lowest BCUT2D eigenvalue weighted by molar-refractivity contribution is 0.155. The number of hydrogen-bond donors (Lipinski definition) is 2. The molecule has 10 heteroatoms. The van der Waals surface area contributed by atoms with Crippen LogP contribution >= 0.6 is 0 Å². The molecule has 1 aliphatic rings. The average Bonchev–Trinajstić information content (AvgIpc) is 2.88. The summed E-state index contributed by atoms with van der Waals surface area (Å²) < 4.78 is 10.8. The predicted molar refractivity (Wildman–Crippen MR) is 141 cm³/mol. The van der Waals surface area contributed by atoms with Crippen molar-refractivity contribution in [2.45, 2.75) is 38.1 Å². The SMILES string of the molecule is COc1cc2nc(N(C)CC3(c4ccccn4)CCN(C(=O)NC(C)C)CC3)nc(N)c2cc1OC. The third-order valence-electron chi connectivity index (χ3n) is 6.73. The molecule has 36 heavy (non-hydrogen) atoms. The molecule has 0 unspecified atom stereocenters. The number of ether oxygens (including phenoxy) is 2. The van der Waals surface area contributed by atoms with Crippen LogP contribution in [0.15, 0.2) is 36.5 Å². The van der Waals surface area contributed by atoms with E-state index >= 15 is 0 Å². The van der Waals surface area contributed by atoms with Gasteiger partial charge in [-0.25, -0.2) is 9.78 Å². The average molecular weight is 494 g/mol. The van der Waals surface area contributed by atoms with Gasteiger partial charge < -0.3 is 30.3 Å². The number of methoxy groups -OCH3 is 2. The lowest BCUT2D eigenvalue weighted by atomic mass is 9.75. The monoisotopic (exact) mass is 493 g/mol. The van der Waals surface area contributed by atoms with Gasteiger partial charge >= 0.3 is 6.03 Å². The van der Waals surface area contributed by atoms with Crippen molar-refractivity contribution in [3.05, 3.63) is 42.2 Å². The minimum absolute atomic E-state index is 0.0250. The molecule has 2 aromatic heterocycles. The zero-order valence-corrected chi connectivity index (χ0v) is 21.6. The number of nitrogen functional groups attached to an aromatic ring is 1. The Morgan fingerprint density at radius 2 is 1.86 bits per heavy atom. The van der Waals surface area contributed by atoms with Crippen molar-refractivity contribution in [2.75, 3.05) is 51.5 Å². The number of hydrogen-bond acceptors (Lipinski definition) is 8. The molecule has 0 bridgehead atoms. The number of rotatable bonds is 7. The van der Waals surface area contributed by atoms with E-state index in [1.807, 2.05) is 55.1 Å². The first-order valence-corrected chi connectivity index (χ1v) is 12.1. The molecule has 0 radical (unpaired) electrons. The number of piperidine rings is 1. The maximum absolute atomic E-state index is 12.6. The number of nitrogens with one attached hydrogen (secondary N) is 1. The normalized spacial score (nSPS) is 15.1. The minimum Gasteiger partial charge on any atom is -0.493 e. The number of carbonyl (C=O) groups is 1. The van der Waals surface area contributed by atoms with Crippen molar-refractivity contribution in [1.82, 2.24) is 25.2 Å². The molecule has 3 aromatic rings. The number of likely N-dealkylation sites (N-methyl/N-ethyl adjacent to an activating group) is 1. The summed E-state index contributed by atoms with van der Waals surface area (Å²) in [6.45, 7) is 5.84. The number of urea groups is 1. The molecular formula is C26H35N7O3. The van der Waals surface area contributed by atoms with Gasteiger partial charge in [0.15, 0.2) is 11.5 Å². The molecule has 10 nitrogen and oxygen atoms in total. The van der Waals surface area contributed by atoms with Crippen LogP contribution in [0, 0.1) is 0 Å². The van der Waals surface area contributed by atoms with E-state index in [9.17, 15) is 4.79 Å². The first-order chi connectivity index (χ1) is 17.3. The van der Waals surface area contributed by atoms with Crippen molar-refractivity contribution in [2.24, 2.45) is 0 Å². The number of fused-ring (bicyclic) bond motifs is 1. The topological polar surface area (TPSA) is 119 Å². The fourth-order valence-electron chi connectivity index (χ4n) is 4.81. The van der Waals surface area contributed by atoms with Crippen LogP contribution in [0.25, 0.3) is 10.9 Å². The quantitative estimate of drug-likeness (QED) is 0.515. The first-order valence-electron chi connectivity index (χ1n) is 12.1. The number of nitrogens with zero attached hydrogens (tertiary/aromatic N) is 5. The van der Waals surface area contributed by atoms with Crippen molar-refractivity contribution < 1.29 is 14.3 Å². The van der Waals surface area contributed by atoms with Crippen LogP contribution in [-0.2, 0) is 5.41 Å². The maximum atomic E-state index is 12.6. The van der Waals surface area contributed by atoms with Gasteiger partial charge in [0.2, 0.25) is 5.95 Å². The van der Waals surface area contributed by atoms with E-state index in [4.69, 9.17) is 25.2 Å². The second-order valence-electron chi connectivity index (χ2n) is 9.58. The van der Waals surface area contributed by atoms with E-state index in [-0.39, 0.29) is 17.5 Å². The van der Waals surface area contributed by atoms with E-state index < -0.39 is 0 Å². The summed E-state index contributed by atoms with van der Waals surface area (Å²) in [6, 6.07) is 9.66. The molecule has 0 atom stereocenters. The van der Waals surface area contributed by atoms with E-state index in [0.29, 0.717) is 53.8 Å². The lowest BCUT2D eigenvalue weighted by Gasteiger charge is -2.43. The van der Waals surface area contributed by atoms with E-state index in [1.165, 1.54) is 0 Å². The van der Waals surface area contributed by atoms with Crippen LogP contribution < -0.4 is 25.4 Å². The highest BCUT2D eigenvalue weighted by atomic mass is 16.5. The second-order valence-corrected chi connectivity index (χ2v) is 9.58.